The number of rotatable bonds is 2. The summed E-state index contributed by atoms with van der Waals surface area (Å²) >= 11 is 0. The first-order valence-electron chi connectivity index (χ1n) is 5.18. The summed E-state index contributed by atoms with van der Waals surface area (Å²) in [5.41, 5.74) is 2.01. The van der Waals surface area contributed by atoms with Crippen molar-refractivity contribution in [2.24, 2.45) is 0 Å². The van der Waals surface area contributed by atoms with Crippen LogP contribution in [0.1, 0.15) is 28.6 Å². The molecule has 0 fully saturated rings. The lowest BCUT2D eigenvalue weighted by Crippen LogP contribution is -2.07. The van der Waals surface area contributed by atoms with Crippen molar-refractivity contribution in [3.63, 3.8) is 0 Å². The first-order chi connectivity index (χ1) is 8.09. The van der Waals surface area contributed by atoms with Crippen LogP contribution in [0.2, 0.25) is 0 Å². The number of aliphatic hydroxyl groups excluding tert-OH is 1. The Balaban J connectivity index is 2.47. The Morgan fingerprint density at radius 1 is 1.24 bits per heavy atom. The van der Waals surface area contributed by atoms with E-state index in [-0.39, 0.29) is 5.56 Å². The lowest BCUT2D eigenvalue weighted by atomic mass is 10.0. The molecule has 0 bridgehead atoms. The maximum absolute atomic E-state index is 13.5. The molecule has 0 saturated carbocycles. The molecule has 2 aromatic heterocycles. The molecule has 2 heterocycles. The average molecular weight is 233 g/mol. The van der Waals surface area contributed by atoms with Gasteiger partial charge in [0.15, 0.2) is 0 Å². The summed E-state index contributed by atoms with van der Waals surface area (Å²) in [7, 11) is 0. The molecule has 88 valence electrons. The fraction of sp³-hybridized carbons (Fsp3) is 0.250. The Morgan fingerprint density at radius 2 is 2.00 bits per heavy atom. The number of hydrogen-bond donors (Lipinski definition) is 1. The molecule has 5 heteroatoms. The number of nitrogens with zero attached hydrogens (tertiary/aromatic N) is 3. The Labute approximate surface area is 98.2 Å². The molecule has 1 unspecified atom stereocenters. The van der Waals surface area contributed by atoms with E-state index in [1.54, 1.807) is 19.9 Å². The van der Waals surface area contributed by atoms with Crippen molar-refractivity contribution < 1.29 is 9.50 Å². The summed E-state index contributed by atoms with van der Waals surface area (Å²) in [4.78, 5) is 3.65. The number of hydrogen-bond acceptors (Lipinski definition) is 4. The molecule has 0 radical (unpaired) electrons. The van der Waals surface area contributed by atoms with Crippen molar-refractivity contribution in [2.75, 3.05) is 0 Å². The summed E-state index contributed by atoms with van der Waals surface area (Å²) in [5.74, 6) is -0.533. The summed E-state index contributed by atoms with van der Waals surface area (Å²) < 4.78 is 13.5. The van der Waals surface area contributed by atoms with Crippen LogP contribution in [-0.2, 0) is 0 Å². The molecule has 4 nitrogen and oxygen atoms in total. The van der Waals surface area contributed by atoms with Gasteiger partial charge in [-0.2, -0.15) is 10.2 Å². The molecule has 2 rings (SSSR count). The Kier molecular flexibility index (Phi) is 3.10. The van der Waals surface area contributed by atoms with Gasteiger partial charge in [-0.3, -0.25) is 4.98 Å². The second kappa shape index (κ2) is 4.55. The molecule has 0 aliphatic rings. The van der Waals surface area contributed by atoms with Crippen molar-refractivity contribution in [3.8, 4) is 0 Å². The standard InChI is InChI=1S/C12H12FN3O/c1-7-5-10(8(2)16-15-7)12(17)9-3-4-14-6-11(9)13/h3-6,12,17H,1-2H3. The first kappa shape index (κ1) is 11.6. The zero-order chi connectivity index (χ0) is 12.4. The van der Waals surface area contributed by atoms with Crippen LogP contribution in [-0.4, -0.2) is 20.3 Å². The van der Waals surface area contributed by atoms with Crippen molar-refractivity contribution in [1.29, 1.82) is 0 Å². The van der Waals surface area contributed by atoms with Gasteiger partial charge in [0, 0.05) is 17.3 Å². The molecule has 0 saturated heterocycles. The van der Waals surface area contributed by atoms with Crippen LogP contribution in [0.5, 0.6) is 0 Å². The van der Waals surface area contributed by atoms with Crippen LogP contribution >= 0.6 is 0 Å². The highest BCUT2D eigenvalue weighted by Crippen LogP contribution is 2.25. The van der Waals surface area contributed by atoms with Crippen molar-refractivity contribution in [2.45, 2.75) is 20.0 Å². The predicted molar refractivity (Wildman–Crippen MR) is 59.8 cm³/mol. The van der Waals surface area contributed by atoms with Crippen LogP contribution in [0.15, 0.2) is 24.5 Å². The fourth-order valence-electron chi connectivity index (χ4n) is 1.62. The summed E-state index contributed by atoms with van der Waals surface area (Å²) in [6.07, 6.45) is 1.47. The van der Waals surface area contributed by atoms with Crippen molar-refractivity contribution in [1.82, 2.24) is 15.2 Å². The molecule has 0 aliphatic heterocycles. The molecule has 17 heavy (non-hydrogen) atoms. The quantitative estimate of drug-likeness (QED) is 0.857. The Morgan fingerprint density at radius 3 is 2.71 bits per heavy atom. The topological polar surface area (TPSA) is 58.9 Å². The van der Waals surface area contributed by atoms with Gasteiger partial charge < -0.3 is 5.11 Å². The maximum Gasteiger partial charge on any atom is 0.147 e. The van der Waals surface area contributed by atoms with Gasteiger partial charge in [0.05, 0.1) is 17.6 Å². The van der Waals surface area contributed by atoms with Gasteiger partial charge >= 0.3 is 0 Å². The zero-order valence-corrected chi connectivity index (χ0v) is 9.55. The minimum Gasteiger partial charge on any atom is -0.383 e. The number of aryl methyl sites for hydroxylation is 2. The lowest BCUT2D eigenvalue weighted by molar-refractivity contribution is 0.213. The number of halogens is 1. The highest BCUT2D eigenvalue weighted by molar-refractivity contribution is 5.31. The van der Waals surface area contributed by atoms with E-state index in [2.05, 4.69) is 15.2 Å². The van der Waals surface area contributed by atoms with Gasteiger partial charge in [-0.05, 0) is 26.0 Å². The van der Waals surface area contributed by atoms with E-state index in [1.807, 2.05) is 0 Å². The third-order valence-corrected chi connectivity index (χ3v) is 2.53. The predicted octanol–water partition coefficient (Wildman–Crippen LogP) is 1.71. The molecule has 0 aromatic carbocycles. The van der Waals surface area contributed by atoms with Crippen LogP contribution in [0.25, 0.3) is 0 Å². The zero-order valence-electron chi connectivity index (χ0n) is 9.55. The molecular weight excluding hydrogens is 221 g/mol. The van der Waals surface area contributed by atoms with Crippen LogP contribution in [0.3, 0.4) is 0 Å². The van der Waals surface area contributed by atoms with E-state index >= 15 is 0 Å². The number of aromatic nitrogens is 3. The second-order valence-electron chi connectivity index (χ2n) is 3.83. The average Bonchev–Trinajstić information content (AvgIpc) is 2.32. The van der Waals surface area contributed by atoms with Gasteiger partial charge in [0.25, 0.3) is 0 Å². The van der Waals surface area contributed by atoms with E-state index in [0.717, 1.165) is 6.20 Å². The highest BCUT2D eigenvalue weighted by atomic mass is 19.1. The Bertz CT molecular complexity index is 545. The monoisotopic (exact) mass is 233 g/mol. The van der Waals surface area contributed by atoms with E-state index in [0.29, 0.717) is 17.0 Å². The number of pyridine rings is 1. The smallest absolute Gasteiger partial charge is 0.147 e. The summed E-state index contributed by atoms with van der Waals surface area (Å²) in [5, 5.41) is 17.9. The lowest BCUT2D eigenvalue weighted by Gasteiger charge is -2.13. The normalized spacial score (nSPS) is 12.5. The molecule has 1 atom stereocenters. The van der Waals surface area contributed by atoms with E-state index in [9.17, 15) is 9.50 Å². The van der Waals surface area contributed by atoms with Gasteiger partial charge in [-0.25, -0.2) is 4.39 Å². The largest absolute Gasteiger partial charge is 0.383 e. The van der Waals surface area contributed by atoms with Crippen LogP contribution in [0, 0.1) is 19.7 Å². The van der Waals surface area contributed by atoms with Crippen molar-refractivity contribution >= 4 is 0 Å². The van der Waals surface area contributed by atoms with Crippen LogP contribution in [0.4, 0.5) is 4.39 Å². The number of aliphatic hydroxyl groups is 1. The highest BCUT2D eigenvalue weighted by Gasteiger charge is 2.17. The molecule has 0 amide bonds. The fourth-order valence-corrected chi connectivity index (χ4v) is 1.62. The van der Waals surface area contributed by atoms with Gasteiger partial charge in [-0.15, -0.1) is 0 Å². The van der Waals surface area contributed by atoms with Crippen LogP contribution < -0.4 is 0 Å². The SMILES string of the molecule is Cc1cc(C(O)c2ccncc2F)c(C)nn1. The molecule has 1 N–H and O–H groups in total. The molecular formula is C12H12FN3O. The van der Waals surface area contributed by atoms with E-state index in [4.69, 9.17) is 0 Å². The second-order valence-corrected chi connectivity index (χ2v) is 3.83. The summed E-state index contributed by atoms with van der Waals surface area (Å²) in [6, 6.07) is 3.15. The summed E-state index contributed by atoms with van der Waals surface area (Å²) in [6.45, 7) is 3.50. The van der Waals surface area contributed by atoms with Gasteiger partial charge in [0.1, 0.15) is 11.9 Å². The Hall–Kier alpha value is -1.88. The minimum absolute atomic E-state index is 0.190. The molecule has 0 aliphatic carbocycles. The maximum atomic E-state index is 13.5. The minimum atomic E-state index is -1.05. The molecule has 0 spiro atoms. The van der Waals surface area contributed by atoms with Gasteiger partial charge in [-0.1, -0.05) is 0 Å². The third kappa shape index (κ3) is 2.29. The third-order valence-electron chi connectivity index (χ3n) is 2.53. The van der Waals surface area contributed by atoms with E-state index < -0.39 is 11.9 Å². The first-order valence-corrected chi connectivity index (χ1v) is 5.18. The molecule has 2 aromatic rings. The van der Waals surface area contributed by atoms with E-state index in [1.165, 1.54) is 12.3 Å². The van der Waals surface area contributed by atoms with Gasteiger partial charge in [0.2, 0.25) is 0 Å². The van der Waals surface area contributed by atoms with Crippen molar-refractivity contribution in [3.05, 3.63) is 52.9 Å².